The molecule has 0 amide bonds. The molecular weight excluding hydrogens is 248 g/mol. The number of hydrogen-bond donors (Lipinski definition) is 2. The molecule has 2 aromatic rings. The Morgan fingerprint density at radius 2 is 1.60 bits per heavy atom. The fraction of sp³-hybridized carbons (Fsp3) is 0.333. The number of phenols is 1. The van der Waals surface area contributed by atoms with Crippen molar-refractivity contribution in [2.75, 3.05) is 0 Å². The Hall–Kier alpha value is -1.80. The predicted octanol–water partition coefficient (Wildman–Crippen LogP) is 3.87. The van der Waals surface area contributed by atoms with Crippen molar-refractivity contribution < 1.29 is 10.2 Å². The van der Waals surface area contributed by atoms with Gasteiger partial charge in [0, 0.05) is 6.42 Å². The fourth-order valence-corrected chi connectivity index (χ4v) is 2.37. The van der Waals surface area contributed by atoms with Crippen LogP contribution in [0.25, 0.3) is 0 Å². The second-order valence-corrected chi connectivity index (χ2v) is 5.73. The zero-order valence-corrected chi connectivity index (χ0v) is 12.1. The normalized spacial score (nSPS) is 12.6. The first kappa shape index (κ1) is 14.6. The minimum Gasteiger partial charge on any atom is -0.508 e. The van der Waals surface area contributed by atoms with Crippen LogP contribution in [0.4, 0.5) is 0 Å². The van der Waals surface area contributed by atoms with Crippen molar-refractivity contribution in [3.8, 4) is 5.75 Å². The molecule has 0 aromatic heterocycles. The number of hydrogen-bond acceptors (Lipinski definition) is 2. The second kappa shape index (κ2) is 6.58. The summed E-state index contributed by atoms with van der Waals surface area (Å²) in [4.78, 5) is 0. The van der Waals surface area contributed by atoms with Crippen molar-refractivity contribution in [1.82, 2.24) is 0 Å². The molecule has 20 heavy (non-hydrogen) atoms. The molecule has 0 aliphatic rings. The molecule has 1 unspecified atom stereocenters. The third-order valence-corrected chi connectivity index (χ3v) is 3.35. The molecule has 0 saturated heterocycles. The number of aliphatic hydroxyl groups excluding tert-OH is 1. The van der Waals surface area contributed by atoms with E-state index in [1.807, 2.05) is 18.2 Å². The fourth-order valence-electron chi connectivity index (χ4n) is 2.37. The van der Waals surface area contributed by atoms with Gasteiger partial charge in [0.05, 0.1) is 6.10 Å². The van der Waals surface area contributed by atoms with E-state index in [1.54, 1.807) is 18.2 Å². The van der Waals surface area contributed by atoms with Crippen LogP contribution in [0.15, 0.2) is 48.5 Å². The number of aliphatic hydroxyl groups is 1. The van der Waals surface area contributed by atoms with Crippen molar-refractivity contribution in [3.05, 3.63) is 65.2 Å². The smallest absolute Gasteiger partial charge is 0.115 e. The Morgan fingerprint density at radius 3 is 2.20 bits per heavy atom. The number of benzene rings is 2. The monoisotopic (exact) mass is 270 g/mol. The summed E-state index contributed by atoms with van der Waals surface area (Å²) in [7, 11) is 0. The predicted molar refractivity (Wildman–Crippen MR) is 81.8 cm³/mol. The van der Waals surface area contributed by atoms with Gasteiger partial charge in [-0.15, -0.1) is 0 Å². The van der Waals surface area contributed by atoms with Gasteiger partial charge in [0.15, 0.2) is 0 Å². The lowest BCUT2D eigenvalue weighted by molar-refractivity contribution is 0.178. The molecule has 1 atom stereocenters. The molecule has 2 rings (SSSR count). The van der Waals surface area contributed by atoms with E-state index < -0.39 is 6.10 Å². The van der Waals surface area contributed by atoms with Crippen molar-refractivity contribution in [2.45, 2.75) is 32.8 Å². The SMILES string of the molecule is CC(C)Cc1ccc(C(O)Cc2cccc(O)c2)cc1. The molecule has 0 bridgehead atoms. The zero-order valence-electron chi connectivity index (χ0n) is 12.1. The molecule has 0 heterocycles. The van der Waals surface area contributed by atoms with Crippen LogP contribution >= 0.6 is 0 Å². The van der Waals surface area contributed by atoms with Crippen molar-refractivity contribution in [3.63, 3.8) is 0 Å². The quantitative estimate of drug-likeness (QED) is 0.866. The van der Waals surface area contributed by atoms with Crippen LogP contribution in [0.5, 0.6) is 5.75 Å². The maximum atomic E-state index is 10.3. The lowest BCUT2D eigenvalue weighted by Crippen LogP contribution is -2.02. The zero-order chi connectivity index (χ0) is 14.5. The first-order chi connectivity index (χ1) is 9.54. The molecule has 0 spiro atoms. The van der Waals surface area contributed by atoms with E-state index in [0.717, 1.165) is 17.5 Å². The van der Waals surface area contributed by atoms with E-state index in [1.165, 1.54) is 5.56 Å². The van der Waals surface area contributed by atoms with E-state index in [-0.39, 0.29) is 5.75 Å². The molecule has 106 valence electrons. The molecule has 0 aliphatic carbocycles. The third-order valence-electron chi connectivity index (χ3n) is 3.35. The summed E-state index contributed by atoms with van der Waals surface area (Å²) in [6.07, 6.45) is 1.03. The number of rotatable bonds is 5. The van der Waals surface area contributed by atoms with Gasteiger partial charge in [-0.2, -0.15) is 0 Å². The van der Waals surface area contributed by atoms with Crippen LogP contribution in [-0.4, -0.2) is 10.2 Å². The molecule has 0 aliphatic heterocycles. The highest BCUT2D eigenvalue weighted by Crippen LogP contribution is 2.21. The van der Waals surface area contributed by atoms with Gasteiger partial charge in [-0.25, -0.2) is 0 Å². The van der Waals surface area contributed by atoms with Crippen molar-refractivity contribution >= 4 is 0 Å². The summed E-state index contributed by atoms with van der Waals surface area (Å²) in [6, 6.07) is 15.2. The van der Waals surface area contributed by atoms with E-state index in [0.29, 0.717) is 12.3 Å². The van der Waals surface area contributed by atoms with Crippen molar-refractivity contribution in [1.29, 1.82) is 0 Å². The number of aromatic hydroxyl groups is 1. The summed E-state index contributed by atoms with van der Waals surface area (Å²) in [6.45, 7) is 4.40. The average Bonchev–Trinajstić information content (AvgIpc) is 2.38. The second-order valence-electron chi connectivity index (χ2n) is 5.73. The first-order valence-corrected chi connectivity index (χ1v) is 7.09. The largest absolute Gasteiger partial charge is 0.508 e. The first-order valence-electron chi connectivity index (χ1n) is 7.09. The van der Waals surface area contributed by atoms with Crippen LogP contribution < -0.4 is 0 Å². The van der Waals surface area contributed by atoms with Gasteiger partial charge in [0.2, 0.25) is 0 Å². The average molecular weight is 270 g/mol. The maximum absolute atomic E-state index is 10.3. The van der Waals surface area contributed by atoms with Gasteiger partial charge < -0.3 is 10.2 Å². The molecule has 0 fully saturated rings. The molecule has 2 heteroatoms. The maximum Gasteiger partial charge on any atom is 0.115 e. The molecular formula is C18H22O2. The molecule has 0 saturated carbocycles. The Balaban J connectivity index is 2.03. The summed E-state index contributed by atoms with van der Waals surface area (Å²) in [5, 5.41) is 19.7. The van der Waals surface area contributed by atoms with E-state index in [9.17, 15) is 10.2 Å². The highest BCUT2D eigenvalue weighted by atomic mass is 16.3. The molecule has 2 aromatic carbocycles. The van der Waals surface area contributed by atoms with Gasteiger partial charge in [-0.05, 0) is 41.2 Å². The lowest BCUT2D eigenvalue weighted by Gasteiger charge is -2.12. The molecule has 2 N–H and O–H groups in total. The standard InChI is InChI=1S/C18H22O2/c1-13(2)10-14-6-8-16(9-7-14)18(20)12-15-4-3-5-17(19)11-15/h3-9,11,13,18-20H,10,12H2,1-2H3. The van der Waals surface area contributed by atoms with Gasteiger partial charge in [-0.3, -0.25) is 0 Å². The number of phenolic OH excluding ortho intramolecular Hbond substituents is 1. The van der Waals surface area contributed by atoms with E-state index in [2.05, 4.69) is 26.0 Å². The summed E-state index contributed by atoms with van der Waals surface area (Å²) in [5.74, 6) is 0.875. The lowest BCUT2D eigenvalue weighted by atomic mass is 9.97. The van der Waals surface area contributed by atoms with Gasteiger partial charge in [-0.1, -0.05) is 50.2 Å². The minimum atomic E-state index is -0.537. The minimum absolute atomic E-state index is 0.238. The Bertz CT molecular complexity index is 544. The van der Waals surface area contributed by atoms with Crippen LogP contribution in [0.3, 0.4) is 0 Å². The topological polar surface area (TPSA) is 40.5 Å². The van der Waals surface area contributed by atoms with Gasteiger partial charge >= 0.3 is 0 Å². The summed E-state index contributed by atoms with van der Waals surface area (Å²) >= 11 is 0. The Kier molecular flexibility index (Phi) is 4.80. The van der Waals surface area contributed by atoms with Gasteiger partial charge in [0.1, 0.15) is 5.75 Å². The van der Waals surface area contributed by atoms with E-state index in [4.69, 9.17) is 0 Å². The van der Waals surface area contributed by atoms with Crippen molar-refractivity contribution in [2.24, 2.45) is 5.92 Å². The highest BCUT2D eigenvalue weighted by molar-refractivity contribution is 5.30. The summed E-state index contributed by atoms with van der Waals surface area (Å²) in [5.41, 5.74) is 3.15. The van der Waals surface area contributed by atoms with Crippen LogP contribution in [0, 0.1) is 5.92 Å². The van der Waals surface area contributed by atoms with Gasteiger partial charge in [0.25, 0.3) is 0 Å². The van der Waals surface area contributed by atoms with Crippen LogP contribution in [0.2, 0.25) is 0 Å². The molecule has 2 nitrogen and oxygen atoms in total. The van der Waals surface area contributed by atoms with Crippen LogP contribution in [0.1, 0.15) is 36.6 Å². The highest BCUT2D eigenvalue weighted by Gasteiger charge is 2.09. The summed E-state index contributed by atoms with van der Waals surface area (Å²) < 4.78 is 0. The van der Waals surface area contributed by atoms with E-state index >= 15 is 0 Å². The third kappa shape index (κ3) is 4.10. The Labute approximate surface area is 120 Å². The van der Waals surface area contributed by atoms with Crippen LogP contribution in [-0.2, 0) is 12.8 Å². The molecule has 0 radical (unpaired) electrons. The Morgan fingerprint density at radius 1 is 0.900 bits per heavy atom.